The number of hydrogen-bond acceptors (Lipinski definition) is 4. The second kappa shape index (κ2) is 6.66. The minimum absolute atomic E-state index is 0.144. The molecular formula is C19H19NO4. The van der Waals surface area contributed by atoms with Crippen LogP contribution in [0.1, 0.15) is 18.1 Å². The van der Waals surface area contributed by atoms with Gasteiger partial charge in [0.1, 0.15) is 5.75 Å². The fourth-order valence-electron chi connectivity index (χ4n) is 2.65. The van der Waals surface area contributed by atoms with E-state index in [2.05, 4.69) is 5.32 Å². The number of hydrogen-bond donors (Lipinski definition) is 1. The lowest BCUT2D eigenvalue weighted by molar-refractivity contribution is -0.110. The maximum Gasteiger partial charge on any atom is 0.256 e. The summed E-state index contributed by atoms with van der Waals surface area (Å²) in [6.07, 6.45) is 1.85. The lowest BCUT2D eigenvalue weighted by atomic mass is 10.0. The number of fused-ring (bicyclic) bond motifs is 1. The van der Waals surface area contributed by atoms with E-state index in [0.717, 1.165) is 22.6 Å². The third-order valence-electron chi connectivity index (χ3n) is 3.81. The molecule has 24 heavy (non-hydrogen) atoms. The Balaban J connectivity index is 1.99. The van der Waals surface area contributed by atoms with E-state index < -0.39 is 0 Å². The molecular weight excluding hydrogens is 306 g/mol. The van der Waals surface area contributed by atoms with Crippen LogP contribution in [0.4, 0.5) is 5.69 Å². The van der Waals surface area contributed by atoms with Crippen molar-refractivity contribution in [2.24, 2.45) is 0 Å². The summed E-state index contributed by atoms with van der Waals surface area (Å²) in [5.74, 6) is 1.83. The highest BCUT2D eigenvalue weighted by molar-refractivity contribution is 6.35. The summed E-state index contributed by atoms with van der Waals surface area (Å²) in [5, 5.41) is 2.86. The summed E-state index contributed by atoms with van der Waals surface area (Å²) in [6, 6.07) is 11.2. The second-order valence-electron chi connectivity index (χ2n) is 5.27. The minimum atomic E-state index is -0.144. The van der Waals surface area contributed by atoms with Crippen LogP contribution in [0.3, 0.4) is 0 Å². The third kappa shape index (κ3) is 2.93. The molecule has 0 fully saturated rings. The van der Waals surface area contributed by atoms with E-state index in [1.807, 2.05) is 43.3 Å². The van der Waals surface area contributed by atoms with Gasteiger partial charge in [-0.05, 0) is 36.8 Å². The van der Waals surface area contributed by atoms with Crippen LogP contribution in [0.5, 0.6) is 17.2 Å². The molecule has 3 rings (SSSR count). The number of amides is 1. The number of anilines is 1. The fourth-order valence-corrected chi connectivity index (χ4v) is 2.65. The zero-order valence-corrected chi connectivity index (χ0v) is 13.9. The molecule has 124 valence electrons. The first-order chi connectivity index (χ1) is 11.7. The lowest BCUT2D eigenvalue weighted by Crippen LogP contribution is -2.03. The highest BCUT2D eigenvalue weighted by Gasteiger charge is 2.26. The lowest BCUT2D eigenvalue weighted by Gasteiger charge is -2.09. The van der Waals surface area contributed by atoms with Crippen LogP contribution < -0.4 is 19.5 Å². The Morgan fingerprint density at radius 3 is 2.33 bits per heavy atom. The largest absolute Gasteiger partial charge is 0.494 e. The van der Waals surface area contributed by atoms with E-state index in [0.29, 0.717) is 23.7 Å². The molecule has 0 saturated heterocycles. The number of carbonyl (C=O) groups is 1. The van der Waals surface area contributed by atoms with Crippen LogP contribution in [0, 0.1) is 0 Å². The Labute approximate surface area is 140 Å². The average Bonchev–Trinajstić information content (AvgIpc) is 2.90. The molecule has 0 aromatic heterocycles. The predicted octanol–water partition coefficient (Wildman–Crippen LogP) is 3.60. The van der Waals surface area contributed by atoms with Gasteiger partial charge < -0.3 is 19.5 Å². The molecule has 2 aromatic carbocycles. The molecule has 0 spiro atoms. The number of ether oxygens (including phenoxy) is 3. The highest BCUT2D eigenvalue weighted by Crippen LogP contribution is 2.41. The molecule has 0 unspecified atom stereocenters. The van der Waals surface area contributed by atoms with E-state index >= 15 is 0 Å². The Hall–Kier alpha value is -2.95. The summed E-state index contributed by atoms with van der Waals surface area (Å²) in [5.41, 5.74) is 3.03. The molecule has 0 atom stereocenters. The Morgan fingerprint density at radius 1 is 1.04 bits per heavy atom. The molecule has 1 N–H and O–H groups in total. The zero-order valence-electron chi connectivity index (χ0n) is 13.9. The van der Waals surface area contributed by atoms with E-state index in [1.54, 1.807) is 20.3 Å². The molecule has 0 aliphatic carbocycles. The van der Waals surface area contributed by atoms with Crippen LogP contribution in [0.2, 0.25) is 0 Å². The van der Waals surface area contributed by atoms with Crippen molar-refractivity contribution in [2.75, 3.05) is 26.1 Å². The Kier molecular flexibility index (Phi) is 4.42. The number of nitrogens with one attached hydrogen (secondary N) is 1. The maximum atomic E-state index is 12.3. The number of benzene rings is 2. The van der Waals surface area contributed by atoms with Crippen molar-refractivity contribution in [3.8, 4) is 17.2 Å². The van der Waals surface area contributed by atoms with Crippen molar-refractivity contribution >= 4 is 23.2 Å². The second-order valence-corrected chi connectivity index (χ2v) is 5.27. The summed E-state index contributed by atoms with van der Waals surface area (Å²) >= 11 is 0. The van der Waals surface area contributed by atoms with Gasteiger partial charge in [0.05, 0.1) is 26.5 Å². The molecule has 2 aromatic rings. The molecule has 5 heteroatoms. The van der Waals surface area contributed by atoms with Crippen molar-refractivity contribution in [3.05, 3.63) is 47.5 Å². The Morgan fingerprint density at radius 2 is 1.71 bits per heavy atom. The van der Waals surface area contributed by atoms with Crippen LogP contribution >= 0.6 is 0 Å². The van der Waals surface area contributed by atoms with Gasteiger partial charge in [-0.25, -0.2) is 0 Å². The Bertz CT molecular complexity index is 794. The number of methoxy groups -OCH3 is 2. The normalized spacial score (nSPS) is 14.3. The first-order valence-corrected chi connectivity index (χ1v) is 7.68. The minimum Gasteiger partial charge on any atom is -0.494 e. The van der Waals surface area contributed by atoms with Crippen LogP contribution in [-0.4, -0.2) is 26.7 Å². The predicted molar refractivity (Wildman–Crippen MR) is 93.7 cm³/mol. The van der Waals surface area contributed by atoms with Crippen molar-refractivity contribution < 1.29 is 19.0 Å². The highest BCUT2D eigenvalue weighted by atomic mass is 16.5. The van der Waals surface area contributed by atoms with E-state index in [1.165, 1.54) is 0 Å². The monoisotopic (exact) mass is 325 g/mol. The first-order valence-electron chi connectivity index (χ1n) is 7.68. The standard InChI is InChI=1S/C19H19NO4/c1-4-24-13-7-5-12(6-8-13)9-15-14-10-17(22-2)18(23-3)11-16(14)20-19(15)21/h5-11H,4H2,1-3H3,(H,20,21)/b15-9-. The van der Waals surface area contributed by atoms with Crippen molar-refractivity contribution in [1.29, 1.82) is 0 Å². The van der Waals surface area contributed by atoms with Crippen LogP contribution in [0.15, 0.2) is 36.4 Å². The van der Waals surface area contributed by atoms with Crippen molar-refractivity contribution in [3.63, 3.8) is 0 Å². The molecule has 0 radical (unpaired) electrons. The zero-order chi connectivity index (χ0) is 17.1. The molecule has 1 heterocycles. The molecule has 1 aliphatic heterocycles. The summed E-state index contributed by atoms with van der Waals surface area (Å²) in [6.45, 7) is 2.56. The molecule has 5 nitrogen and oxygen atoms in total. The van der Waals surface area contributed by atoms with Gasteiger partial charge in [0, 0.05) is 17.2 Å². The van der Waals surface area contributed by atoms with Gasteiger partial charge >= 0.3 is 0 Å². The smallest absolute Gasteiger partial charge is 0.256 e. The van der Waals surface area contributed by atoms with Crippen molar-refractivity contribution in [2.45, 2.75) is 6.92 Å². The quantitative estimate of drug-likeness (QED) is 0.854. The van der Waals surface area contributed by atoms with E-state index in [4.69, 9.17) is 14.2 Å². The number of rotatable bonds is 5. The van der Waals surface area contributed by atoms with Gasteiger partial charge in [0.25, 0.3) is 5.91 Å². The average molecular weight is 325 g/mol. The molecule has 0 saturated carbocycles. The van der Waals surface area contributed by atoms with E-state index in [9.17, 15) is 4.79 Å². The van der Waals surface area contributed by atoms with Crippen LogP contribution in [0.25, 0.3) is 11.6 Å². The van der Waals surface area contributed by atoms with Crippen LogP contribution in [-0.2, 0) is 4.79 Å². The third-order valence-corrected chi connectivity index (χ3v) is 3.81. The summed E-state index contributed by atoms with van der Waals surface area (Å²) in [7, 11) is 3.14. The summed E-state index contributed by atoms with van der Waals surface area (Å²) in [4.78, 5) is 12.3. The van der Waals surface area contributed by atoms with Crippen molar-refractivity contribution in [1.82, 2.24) is 0 Å². The van der Waals surface area contributed by atoms with Gasteiger partial charge in [-0.1, -0.05) is 12.1 Å². The van der Waals surface area contributed by atoms with Gasteiger partial charge in [0.15, 0.2) is 11.5 Å². The topological polar surface area (TPSA) is 56.8 Å². The van der Waals surface area contributed by atoms with Gasteiger partial charge in [0.2, 0.25) is 0 Å². The van der Waals surface area contributed by atoms with Gasteiger partial charge in [-0.2, -0.15) is 0 Å². The molecule has 1 aliphatic rings. The van der Waals surface area contributed by atoms with Gasteiger partial charge in [-0.15, -0.1) is 0 Å². The van der Waals surface area contributed by atoms with Gasteiger partial charge in [-0.3, -0.25) is 4.79 Å². The molecule has 1 amide bonds. The summed E-state index contributed by atoms with van der Waals surface area (Å²) < 4.78 is 16.0. The molecule has 0 bridgehead atoms. The maximum absolute atomic E-state index is 12.3. The first kappa shape index (κ1) is 15.9. The fraction of sp³-hybridized carbons (Fsp3) is 0.211. The van der Waals surface area contributed by atoms with E-state index in [-0.39, 0.29) is 5.91 Å². The number of carbonyl (C=O) groups excluding carboxylic acids is 1. The SMILES string of the molecule is CCOc1ccc(/C=C2\C(=O)Nc3cc(OC)c(OC)cc32)cc1.